The Kier molecular flexibility index (Phi) is 8.71. The molecule has 36 heavy (non-hydrogen) atoms. The maximum atomic E-state index is 14.3. The molecule has 0 aromatic carbocycles. The molecule has 0 aromatic rings. The van der Waals surface area contributed by atoms with E-state index in [0.29, 0.717) is 32.5 Å². The van der Waals surface area contributed by atoms with E-state index < -0.39 is 35.1 Å². The monoisotopic (exact) mass is 503 g/mol. The summed E-state index contributed by atoms with van der Waals surface area (Å²) in [4.78, 5) is 47.1. The van der Waals surface area contributed by atoms with Crippen LogP contribution < -0.4 is 0 Å². The molecule has 2 bridgehead atoms. The third-order valence-corrected chi connectivity index (χ3v) is 8.80. The zero-order chi connectivity index (χ0) is 26.8. The highest BCUT2D eigenvalue weighted by molar-refractivity contribution is 5.99. The van der Waals surface area contributed by atoms with Crippen LogP contribution in [0.25, 0.3) is 0 Å². The van der Waals surface area contributed by atoms with Gasteiger partial charge in [-0.15, -0.1) is 13.2 Å². The number of likely N-dealkylation sites (tertiary alicyclic amines) is 1. The molecule has 3 heterocycles. The highest BCUT2D eigenvalue weighted by Crippen LogP contribution is 2.65. The topological polar surface area (TPSA) is 90.4 Å². The van der Waals surface area contributed by atoms with Crippen LogP contribution >= 0.6 is 0 Å². The van der Waals surface area contributed by atoms with Crippen molar-refractivity contribution in [1.82, 2.24) is 14.7 Å². The first-order valence-corrected chi connectivity index (χ1v) is 13.5. The number of likely N-dealkylation sites (N-methyl/N-ethyl adjacent to an activating group) is 1. The summed E-state index contributed by atoms with van der Waals surface area (Å²) in [6, 6.07) is -1.42. The van der Waals surface area contributed by atoms with Crippen LogP contribution in [0.3, 0.4) is 0 Å². The van der Waals surface area contributed by atoms with E-state index in [0.717, 1.165) is 19.3 Å². The summed E-state index contributed by atoms with van der Waals surface area (Å²) in [7, 11) is 1.71. The van der Waals surface area contributed by atoms with Gasteiger partial charge in [-0.2, -0.15) is 0 Å². The molecular formula is C28H45N3O5. The van der Waals surface area contributed by atoms with Gasteiger partial charge in [0, 0.05) is 26.7 Å². The minimum atomic E-state index is -1.11. The first-order chi connectivity index (χ1) is 17.1. The van der Waals surface area contributed by atoms with Gasteiger partial charge in [-0.05, 0) is 32.1 Å². The highest BCUT2D eigenvalue weighted by atomic mass is 16.5. The van der Waals surface area contributed by atoms with E-state index in [9.17, 15) is 19.5 Å². The molecule has 3 aliphatic heterocycles. The Morgan fingerprint density at radius 1 is 1.22 bits per heavy atom. The van der Waals surface area contributed by atoms with Crippen molar-refractivity contribution >= 4 is 17.7 Å². The number of nitrogens with zero attached hydrogens (tertiary/aromatic N) is 3. The van der Waals surface area contributed by atoms with E-state index in [1.807, 2.05) is 20.8 Å². The number of carbonyl (C=O) groups excluding carboxylic acids is 3. The van der Waals surface area contributed by atoms with Crippen LogP contribution in [0.1, 0.15) is 59.8 Å². The quantitative estimate of drug-likeness (QED) is 0.308. The van der Waals surface area contributed by atoms with Gasteiger partial charge in [0.2, 0.25) is 17.7 Å². The number of amides is 3. The highest BCUT2D eigenvalue weighted by Gasteiger charge is 2.80. The average molecular weight is 504 g/mol. The lowest BCUT2D eigenvalue weighted by Gasteiger charge is -2.39. The Balaban J connectivity index is 2.12. The number of fused-ring (bicyclic) bond motifs is 1. The number of rotatable bonds is 13. The molecule has 7 atom stereocenters. The largest absolute Gasteiger partial charge is 0.394 e. The Hall–Kier alpha value is -2.19. The van der Waals surface area contributed by atoms with Crippen LogP contribution in [-0.2, 0) is 19.1 Å². The molecule has 3 rings (SSSR count). The minimum Gasteiger partial charge on any atom is -0.394 e. The van der Waals surface area contributed by atoms with E-state index in [1.165, 1.54) is 0 Å². The molecule has 3 saturated heterocycles. The lowest BCUT2D eigenvalue weighted by atomic mass is 9.62. The van der Waals surface area contributed by atoms with Gasteiger partial charge >= 0.3 is 0 Å². The van der Waals surface area contributed by atoms with Crippen molar-refractivity contribution in [3.05, 3.63) is 25.3 Å². The molecule has 3 amide bonds. The predicted octanol–water partition coefficient (Wildman–Crippen LogP) is 2.62. The maximum Gasteiger partial charge on any atom is 0.248 e. The third kappa shape index (κ3) is 4.30. The Morgan fingerprint density at radius 3 is 2.44 bits per heavy atom. The lowest BCUT2D eigenvalue weighted by Crippen LogP contribution is -2.59. The number of hydrogen-bond acceptors (Lipinski definition) is 5. The molecule has 8 heteroatoms. The first-order valence-electron chi connectivity index (χ1n) is 13.5. The van der Waals surface area contributed by atoms with Crippen LogP contribution in [0.2, 0.25) is 0 Å². The third-order valence-electron chi connectivity index (χ3n) is 8.80. The normalized spacial score (nSPS) is 33.4. The summed E-state index contributed by atoms with van der Waals surface area (Å²) in [5.41, 5.74) is -1.96. The van der Waals surface area contributed by atoms with Crippen molar-refractivity contribution in [3.8, 4) is 0 Å². The smallest absolute Gasteiger partial charge is 0.248 e. The molecule has 1 N–H and O–H groups in total. The van der Waals surface area contributed by atoms with E-state index in [4.69, 9.17) is 4.74 Å². The van der Waals surface area contributed by atoms with Crippen molar-refractivity contribution in [2.24, 2.45) is 17.8 Å². The molecule has 3 fully saturated rings. The van der Waals surface area contributed by atoms with Gasteiger partial charge in [0.05, 0.1) is 30.1 Å². The second-order valence-corrected chi connectivity index (χ2v) is 11.0. The lowest BCUT2D eigenvalue weighted by molar-refractivity contribution is -0.157. The molecule has 8 nitrogen and oxygen atoms in total. The van der Waals surface area contributed by atoms with Gasteiger partial charge in [-0.25, -0.2) is 0 Å². The van der Waals surface area contributed by atoms with Crippen molar-refractivity contribution in [3.63, 3.8) is 0 Å². The van der Waals surface area contributed by atoms with Crippen LogP contribution in [0, 0.1) is 17.8 Å². The molecule has 0 saturated carbocycles. The summed E-state index contributed by atoms with van der Waals surface area (Å²) in [5.74, 6) is -2.11. The van der Waals surface area contributed by atoms with Gasteiger partial charge < -0.3 is 24.5 Å². The fourth-order valence-corrected chi connectivity index (χ4v) is 6.83. The van der Waals surface area contributed by atoms with Gasteiger partial charge in [-0.1, -0.05) is 45.8 Å². The number of carbonyl (C=O) groups is 3. The first kappa shape index (κ1) is 28.4. The van der Waals surface area contributed by atoms with E-state index in [2.05, 4.69) is 20.1 Å². The number of aliphatic hydroxyl groups is 1. The Bertz CT molecular complexity index is 873. The second-order valence-electron chi connectivity index (χ2n) is 11.0. The summed E-state index contributed by atoms with van der Waals surface area (Å²) in [6.45, 7) is 16.6. The van der Waals surface area contributed by atoms with Gasteiger partial charge in [0.25, 0.3) is 0 Å². The van der Waals surface area contributed by atoms with E-state index in [1.54, 1.807) is 33.9 Å². The Morgan fingerprint density at radius 2 is 1.89 bits per heavy atom. The number of unbranched alkanes of at least 4 members (excludes halogenated alkanes) is 2. The van der Waals surface area contributed by atoms with Gasteiger partial charge in [0.15, 0.2) is 0 Å². The molecule has 3 aliphatic rings. The number of hydrogen-bond donors (Lipinski definition) is 1. The summed E-state index contributed by atoms with van der Waals surface area (Å²) in [5, 5.41) is 10.2. The molecule has 0 radical (unpaired) electrons. The molecule has 0 aliphatic carbocycles. The SMILES string of the molecule is C=CCN(C)C(=O)[C@H]1[C@H]2C(=O)N([C@@H](CC)CO)C(C(=O)N(CC=C)CCCCC)C23CC(C)[C@]1(C)O3. The van der Waals surface area contributed by atoms with Crippen LogP contribution in [-0.4, -0.2) is 94.1 Å². The Labute approximate surface area is 216 Å². The maximum absolute atomic E-state index is 14.3. The van der Waals surface area contributed by atoms with Crippen LogP contribution in [0.4, 0.5) is 0 Å². The zero-order valence-electron chi connectivity index (χ0n) is 22.7. The zero-order valence-corrected chi connectivity index (χ0v) is 22.7. The van der Waals surface area contributed by atoms with Crippen LogP contribution in [0.15, 0.2) is 25.3 Å². The molecule has 3 unspecified atom stereocenters. The molecular weight excluding hydrogens is 458 g/mol. The summed E-state index contributed by atoms with van der Waals surface area (Å²) >= 11 is 0. The summed E-state index contributed by atoms with van der Waals surface area (Å²) < 4.78 is 6.78. The van der Waals surface area contributed by atoms with Gasteiger partial charge in [-0.3, -0.25) is 14.4 Å². The summed E-state index contributed by atoms with van der Waals surface area (Å²) in [6.07, 6.45) is 7.25. The predicted molar refractivity (Wildman–Crippen MR) is 139 cm³/mol. The minimum absolute atomic E-state index is 0.0231. The van der Waals surface area contributed by atoms with E-state index >= 15 is 0 Å². The fraction of sp³-hybridized carbons (Fsp3) is 0.750. The molecule has 0 aromatic heterocycles. The molecule has 202 valence electrons. The van der Waals surface area contributed by atoms with Crippen molar-refractivity contribution in [1.29, 1.82) is 0 Å². The number of aliphatic hydroxyl groups excluding tert-OH is 1. The molecule has 1 spiro atoms. The van der Waals surface area contributed by atoms with Crippen molar-refractivity contribution in [2.45, 2.75) is 83.1 Å². The fourth-order valence-electron chi connectivity index (χ4n) is 6.83. The van der Waals surface area contributed by atoms with Crippen molar-refractivity contribution in [2.75, 3.05) is 33.3 Å². The van der Waals surface area contributed by atoms with Crippen LogP contribution in [0.5, 0.6) is 0 Å². The van der Waals surface area contributed by atoms with Crippen molar-refractivity contribution < 1.29 is 24.2 Å². The van der Waals surface area contributed by atoms with E-state index in [-0.39, 0.29) is 30.2 Å². The standard InChI is InChI=1S/C28H45N3O5/c1-8-12-13-16-30(15-10-3)26(35)23-28-17-19(5)27(6,36-28)21(24(33)29(7)14-9-2)22(28)25(34)31(23)20(11-4)18-32/h9-10,19-23,32H,2-3,8,11-18H2,1,4-7H3/t19?,20-,21+,22-,23?,27-,28?/m0/s1. The number of ether oxygens (including phenoxy) is 1. The second kappa shape index (κ2) is 11.1. The average Bonchev–Trinajstić information content (AvgIpc) is 3.36. The van der Waals surface area contributed by atoms with Gasteiger partial charge in [0.1, 0.15) is 11.6 Å².